The first-order chi connectivity index (χ1) is 7.20. The maximum atomic E-state index is 5.76. The zero-order valence-electron chi connectivity index (χ0n) is 8.60. The summed E-state index contributed by atoms with van der Waals surface area (Å²) in [5, 5.41) is 7.55. The quantitative estimate of drug-likeness (QED) is 0.820. The summed E-state index contributed by atoms with van der Waals surface area (Å²) in [5.41, 5.74) is 6.30. The van der Waals surface area contributed by atoms with E-state index in [1.54, 1.807) is 13.0 Å². The van der Waals surface area contributed by atoms with Crippen molar-refractivity contribution in [3.8, 4) is 11.6 Å². The van der Waals surface area contributed by atoms with Crippen LogP contribution < -0.4 is 5.73 Å². The van der Waals surface area contributed by atoms with Crippen LogP contribution in [0.15, 0.2) is 15.1 Å². The molecule has 0 aliphatic carbocycles. The van der Waals surface area contributed by atoms with Gasteiger partial charge in [0.25, 0.3) is 5.89 Å². The standard InChI is InChI=1S/C9H12N4O2/c1-3-6(10)8-11-9(15-13-8)7-4-5(2)14-12-7/h4,6H,3,10H2,1-2H3. The molecule has 2 aromatic rings. The second-order valence-electron chi connectivity index (χ2n) is 3.30. The summed E-state index contributed by atoms with van der Waals surface area (Å²) in [6.45, 7) is 3.76. The smallest absolute Gasteiger partial charge is 0.280 e. The zero-order valence-corrected chi connectivity index (χ0v) is 8.60. The van der Waals surface area contributed by atoms with Crippen LogP contribution in [0.5, 0.6) is 0 Å². The summed E-state index contributed by atoms with van der Waals surface area (Å²) >= 11 is 0. The zero-order chi connectivity index (χ0) is 10.8. The fraction of sp³-hybridized carbons (Fsp3) is 0.444. The first-order valence-electron chi connectivity index (χ1n) is 4.73. The lowest BCUT2D eigenvalue weighted by Gasteiger charge is -1.98. The van der Waals surface area contributed by atoms with Gasteiger partial charge >= 0.3 is 0 Å². The first kappa shape index (κ1) is 9.85. The summed E-state index contributed by atoms with van der Waals surface area (Å²) in [6, 6.07) is 1.53. The van der Waals surface area contributed by atoms with Gasteiger partial charge in [0.15, 0.2) is 11.5 Å². The maximum absolute atomic E-state index is 5.76. The Morgan fingerprint density at radius 1 is 1.40 bits per heavy atom. The number of hydrogen-bond donors (Lipinski definition) is 1. The first-order valence-corrected chi connectivity index (χ1v) is 4.73. The van der Waals surface area contributed by atoms with E-state index in [-0.39, 0.29) is 6.04 Å². The third-order valence-electron chi connectivity index (χ3n) is 2.06. The van der Waals surface area contributed by atoms with Crippen LogP contribution in [0, 0.1) is 6.92 Å². The van der Waals surface area contributed by atoms with E-state index in [0.29, 0.717) is 23.2 Å². The topological polar surface area (TPSA) is 91.0 Å². The van der Waals surface area contributed by atoms with Gasteiger partial charge in [-0.15, -0.1) is 0 Å². The summed E-state index contributed by atoms with van der Waals surface area (Å²) in [6.07, 6.45) is 0.761. The van der Waals surface area contributed by atoms with Crippen LogP contribution in [0.3, 0.4) is 0 Å². The van der Waals surface area contributed by atoms with Crippen molar-refractivity contribution in [1.29, 1.82) is 0 Å². The van der Waals surface area contributed by atoms with E-state index in [4.69, 9.17) is 14.8 Å². The van der Waals surface area contributed by atoms with Crippen molar-refractivity contribution in [3.63, 3.8) is 0 Å². The van der Waals surface area contributed by atoms with Gasteiger partial charge in [-0.05, 0) is 13.3 Å². The van der Waals surface area contributed by atoms with Gasteiger partial charge in [-0.2, -0.15) is 4.98 Å². The molecule has 6 heteroatoms. The van der Waals surface area contributed by atoms with Crippen molar-refractivity contribution >= 4 is 0 Å². The Kier molecular flexibility index (Phi) is 2.51. The van der Waals surface area contributed by atoms with E-state index in [2.05, 4.69) is 15.3 Å². The summed E-state index contributed by atoms with van der Waals surface area (Å²) in [4.78, 5) is 4.14. The van der Waals surface area contributed by atoms with Crippen molar-refractivity contribution in [1.82, 2.24) is 15.3 Å². The van der Waals surface area contributed by atoms with Crippen LogP contribution in [-0.2, 0) is 0 Å². The lowest BCUT2D eigenvalue weighted by molar-refractivity contribution is 0.387. The molecule has 0 amide bonds. The molecule has 2 aromatic heterocycles. The molecule has 1 atom stereocenters. The molecule has 0 bridgehead atoms. The summed E-state index contributed by atoms with van der Waals surface area (Å²) in [5.74, 6) is 1.53. The minimum atomic E-state index is -0.199. The van der Waals surface area contributed by atoms with Crippen molar-refractivity contribution in [2.45, 2.75) is 26.3 Å². The van der Waals surface area contributed by atoms with Gasteiger partial charge in [0, 0.05) is 6.07 Å². The van der Waals surface area contributed by atoms with Gasteiger partial charge < -0.3 is 14.8 Å². The van der Waals surface area contributed by atoms with Gasteiger partial charge in [-0.3, -0.25) is 0 Å². The van der Waals surface area contributed by atoms with Gasteiger partial charge in [-0.1, -0.05) is 17.2 Å². The van der Waals surface area contributed by atoms with Crippen molar-refractivity contribution < 1.29 is 9.05 Å². The Morgan fingerprint density at radius 3 is 2.80 bits per heavy atom. The molecule has 6 nitrogen and oxygen atoms in total. The maximum Gasteiger partial charge on any atom is 0.280 e. The number of rotatable bonds is 3. The lowest BCUT2D eigenvalue weighted by Crippen LogP contribution is -2.10. The van der Waals surface area contributed by atoms with Crippen LogP contribution in [-0.4, -0.2) is 15.3 Å². The normalized spacial score (nSPS) is 13.0. The molecule has 15 heavy (non-hydrogen) atoms. The number of nitrogens with zero attached hydrogens (tertiary/aromatic N) is 3. The molecule has 80 valence electrons. The van der Waals surface area contributed by atoms with E-state index in [1.807, 2.05) is 6.92 Å². The number of aromatic nitrogens is 3. The summed E-state index contributed by atoms with van der Waals surface area (Å²) in [7, 11) is 0. The molecule has 2 rings (SSSR count). The third-order valence-corrected chi connectivity index (χ3v) is 2.06. The average Bonchev–Trinajstić information content (AvgIpc) is 2.84. The Labute approximate surface area is 86.4 Å². The lowest BCUT2D eigenvalue weighted by atomic mass is 10.2. The van der Waals surface area contributed by atoms with Gasteiger partial charge in [0.1, 0.15) is 5.76 Å². The number of hydrogen-bond acceptors (Lipinski definition) is 6. The van der Waals surface area contributed by atoms with Crippen LogP contribution in [0.1, 0.15) is 31.0 Å². The van der Waals surface area contributed by atoms with Gasteiger partial charge in [0.2, 0.25) is 0 Å². The highest BCUT2D eigenvalue weighted by Gasteiger charge is 2.15. The average molecular weight is 208 g/mol. The Bertz CT molecular complexity index is 448. The van der Waals surface area contributed by atoms with Crippen molar-refractivity contribution in [3.05, 3.63) is 17.7 Å². The van der Waals surface area contributed by atoms with Crippen LogP contribution in [0.25, 0.3) is 11.6 Å². The summed E-state index contributed by atoms with van der Waals surface area (Å²) < 4.78 is 9.93. The van der Waals surface area contributed by atoms with Crippen LogP contribution >= 0.6 is 0 Å². The Morgan fingerprint density at radius 2 is 2.20 bits per heavy atom. The van der Waals surface area contributed by atoms with E-state index < -0.39 is 0 Å². The second-order valence-corrected chi connectivity index (χ2v) is 3.30. The Hall–Kier alpha value is -1.69. The highest BCUT2D eigenvalue weighted by atomic mass is 16.5. The van der Waals surface area contributed by atoms with Crippen molar-refractivity contribution in [2.75, 3.05) is 0 Å². The van der Waals surface area contributed by atoms with Crippen LogP contribution in [0.2, 0.25) is 0 Å². The molecule has 2 heterocycles. The Balaban J connectivity index is 2.27. The molecule has 0 aromatic carbocycles. The minimum Gasteiger partial charge on any atom is -0.361 e. The molecule has 0 saturated heterocycles. The van der Waals surface area contributed by atoms with E-state index in [0.717, 1.165) is 6.42 Å². The van der Waals surface area contributed by atoms with Gasteiger partial charge in [0.05, 0.1) is 6.04 Å². The molecule has 0 fully saturated rings. The monoisotopic (exact) mass is 208 g/mol. The predicted molar refractivity (Wildman–Crippen MR) is 51.8 cm³/mol. The van der Waals surface area contributed by atoms with Crippen molar-refractivity contribution in [2.24, 2.45) is 5.73 Å². The highest BCUT2D eigenvalue weighted by molar-refractivity contribution is 5.45. The van der Waals surface area contributed by atoms with E-state index in [9.17, 15) is 0 Å². The molecule has 0 aliphatic rings. The molecule has 0 spiro atoms. The largest absolute Gasteiger partial charge is 0.361 e. The molecule has 0 saturated carbocycles. The molecule has 1 unspecified atom stereocenters. The minimum absolute atomic E-state index is 0.199. The molecular weight excluding hydrogens is 196 g/mol. The second kappa shape index (κ2) is 3.82. The fourth-order valence-corrected chi connectivity index (χ4v) is 1.14. The van der Waals surface area contributed by atoms with E-state index in [1.165, 1.54) is 0 Å². The fourth-order valence-electron chi connectivity index (χ4n) is 1.14. The highest BCUT2D eigenvalue weighted by Crippen LogP contribution is 2.18. The van der Waals surface area contributed by atoms with Crippen LogP contribution in [0.4, 0.5) is 0 Å². The van der Waals surface area contributed by atoms with E-state index >= 15 is 0 Å². The third kappa shape index (κ3) is 1.89. The predicted octanol–water partition coefficient (Wildman–Crippen LogP) is 1.44. The SMILES string of the molecule is CCC(N)c1noc(-c2cc(C)on2)n1. The number of nitrogens with two attached hydrogens (primary N) is 1. The molecular formula is C9H12N4O2. The molecule has 2 N–H and O–H groups in total. The molecule has 0 radical (unpaired) electrons. The number of aryl methyl sites for hydroxylation is 1. The van der Waals surface area contributed by atoms with Gasteiger partial charge in [-0.25, -0.2) is 0 Å². The molecule has 0 aliphatic heterocycles.